The van der Waals surface area contributed by atoms with Crippen LogP contribution >= 0.6 is 11.3 Å². The van der Waals surface area contributed by atoms with Gasteiger partial charge in [0.15, 0.2) is 0 Å². The summed E-state index contributed by atoms with van der Waals surface area (Å²) in [5, 5.41) is 6.31. The van der Waals surface area contributed by atoms with Crippen LogP contribution in [-0.2, 0) is 5.41 Å². The number of thiophene rings is 1. The number of rotatable bonds is 1. The third kappa shape index (κ3) is 2.84. The van der Waals surface area contributed by atoms with Crippen molar-refractivity contribution >= 4 is 53.2 Å². The summed E-state index contributed by atoms with van der Waals surface area (Å²) < 4.78 is 2.44. The number of hydrogen-bond acceptors (Lipinski definition) is 3. The summed E-state index contributed by atoms with van der Waals surface area (Å²) in [4.78, 5) is 9.48. The number of aromatic nitrogens is 2. The van der Waals surface area contributed by atoms with Crippen molar-refractivity contribution in [1.82, 2.24) is 9.97 Å². The molecule has 0 saturated carbocycles. The lowest BCUT2D eigenvalue weighted by atomic mass is 9.82. The molecule has 0 aliphatic carbocycles. The lowest BCUT2D eigenvalue weighted by Gasteiger charge is -2.22. The van der Waals surface area contributed by atoms with E-state index in [1.165, 1.54) is 37.2 Å². The molecule has 0 spiro atoms. The van der Waals surface area contributed by atoms with Gasteiger partial charge in [0.2, 0.25) is 0 Å². The van der Waals surface area contributed by atoms with Gasteiger partial charge in [-0.1, -0.05) is 81.4 Å². The van der Waals surface area contributed by atoms with E-state index >= 15 is 0 Å². The van der Waals surface area contributed by atoms with Crippen LogP contribution in [0.3, 0.4) is 0 Å². The van der Waals surface area contributed by atoms with Crippen LogP contribution in [0.5, 0.6) is 0 Å². The van der Waals surface area contributed by atoms with Gasteiger partial charge in [-0.2, -0.15) is 0 Å². The molecule has 0 aliphatic heterocycles. The molecule has 6 rings (SSSR count). The van der Waals surface area contributed by atoms with Crippen molar-refractivity contribution in [3.05, 3.63) is 84.7 Å². The van der Waals surface area contributed by atoms with Crippen molar-refractivity contribution in [3.8, 4) is 11.3 Å². The Morgan fingerprint density at radius 3 is 2.23 bits per heavy atom. The second kappa shape index (κ2) is 6.60. The average molecular weight is 419 g/mol. The van der Waals surface area contributed by atoms with Crippen LogP contribution in [0.1, 0.15) is 26.3 Å². The molecular weight excluding hydrogens is 396 g/mol. The first-order chi connectivity index (χ1) is 15.0. The third-order valence-electron chi connectivity index (χ3n) is 6.09. The first-order valence-electron chi connectivity index (χ1n) is 10.6. The highest BCUT2D eigenvalue weighted by atomic mass is 32.1. The topological polar surface area (TPSA) is 25.8 Å². The van der Waals surface area contributed by atoms with E-state index in [-0.39, 0.29) is 5.41 Å². The molecule has 0 N–H and O–H groups in total. The van der Waals surface area contributed by atoms with Gasteiger partial charge in [-0.25, -0.2) is 9.97 Å². The van der Waals surface area contributed by atoms with E-state index in [2.05, 4.69) is 93.6 Å². The van der Waals surface area contributed by atoms with Crippen LogP contribution < -0.4 is 0 Å². The van der Waals surface area contributed by atoms with Crippen LogP contribution in [0.25, 0.3) is 53.1 Å². The number of fused-ring (bicyclic) bond motifs is 6. The second-order valence-electron chi connectivity index (χ2n) is 9.16. The van der Waals surface area contributed by atoms with Gasteiger partial charge in [0.1, 0.15) is 6.33 Å². The summed E-state index contributed by atoms with van der Waals surface area (Å²) >= 11 is 1.81. The van der Waals surface area contributed by atoms with Crippen molar-refractivity contribution < 1.29 is 0 Å². The van der Waals surface area contributed by atoms with Crippen LogP contribution in [0.15, 0.2) is 79.1 Å². The summed E-state index contributed by atoms with van der Waals surface area (Å²) in [6.45, 7) is 6.83. The molecule has 0 unspecified atom stereocenters. The van der Waals surface area contributed by atoms with Gasteiger partial charge < -0.3 is 0 Å². The summed E-state index contributed by atoms with van der Waals surface area (Å²) in [5.74, 6) is 0. The zero-order chi connectivity index (χ0) is 21.2. The van der Waals surface area contributed by atoms with Gasteiger partial charge in [-0.15, -0.1) is 11.3 Å². The number of hydrogen-bond donors (Lipinski definition) is 0. The molecule has 0 fully saturated rings. The van der Waals surface area contributed by atoms with Gasteiger partial charge in [0, 0.05) is 15.6 Å². The van der Waals surface area contributed by atoms with E-state index in [0.29, 0.717) is 0 Å². The molecule has 0 radical (unpaired) electrons. The number of nitrogens with zero attached hydrogens (tertiary/aromatic N) is 2. The molecular formula is C28H22N2S. The molecule has 3 heteroatoms. The summed E-state index contributed by atoms with van der Waals surface area (Å²) in [7, 11) is 0. The molecule has 2 heterocycles. The van der Waals surface area contributed by atoms with Gasteiger partial charge in [0.05, 0.1) is 15.9 Å². The maximum Gasteiger partial charge on any atom is 0.116 e. The van der Waals surface area contributed by atoms with Crippen LogP contribution in [0.2, 0.25) is 0 Å². The summed E-state index contributed by atoms with van der Waals surface area (Å²) in [5.41, 5.74) is 4.61. The SMILES string of the molecule is CC(C)(C)c1cc(-c2ncnc3c2sc2c4ccccc4ccc32)cc2ccccc12. The molecule has 4 aromatic carbocycles. The lowest BCUT2D eigenvalue weighted by Crippen LogP contribution is -2.12. The van der Waals surface area contributed by atoms with Crippen molar-refractivity contribution in [3.63, 3.8) is 0 Å². The molecule has 2 nitrogen and oxygen atoms in total. The maximum absolute atomic E-state index is 4.78. The van der Waals surface area contributed by atoms with Crippen molar-refractivity contribution in [2.24, 2.45) is 0 Å². The Balaban J connectivity index is 1.70. The Bertz CT molecular complexity index is 1620. The monoisotopic (exact) mass is 418 g/mol. The van der Waals surface area contributed by atoms with Gasteiger partial charge in [-0.3, -0.25) is 0 Å². The molecule has 0 bridgehead atoms. The van der Waals surface area contributed by atoms with Crippen LogP contribution in [0, 0.1) is 0 Å². The van der Waals surface area contributed by atoms with Crippen LogP contribution in [-0.4, -0.2) is 9.97 Å². The zero-order valence-corrected chi connectivity index (χ0v) is 18.6. The fraction of sp³-hybridized carbons (Fsp3) is 0.143. The van der Waals surface area contributed by atoms with Crippen molar-refractivity contribution in [1.29, 1.82) is 0 Å². The van der Waals surface area contributed by atoms with E-state index in [1.54, 1.807) is 17.7 Å². The predicted octanol–water partition coefficient (Wildman–Crippen LogP) is 8.12. The predicted molar refractivity (Wildman–Crippen MR) is 134 cm³/mol. The number of benzene rings is 4. The van der Waals surface area contributed by atoms with E-state index in [4.69, 9.17) is 9.97 Å². The minimum absolute atomic E-state index is 0.0398. The Kier molecular flexibility index (Phi) is 3.93. The van der Waals surface area contributed by atoms with E-state index < -0.39 is 0 Å². The highest BCUT2D eigenvalue weighted by Gasteiger charge is 2.20. The average Bonchev–Trinajstić information content (AvgIpc) is 3.17. The van der Waals surface area contributed by atoms with E-state index in [1.807, 2.05) is 0 Å². The molecule has 6 aromatic rings. The first-order valence-corrected chi connectivity index (χ1v) is 11.4. The summed E-state index contributed by atoms with van der Waals surface area (Å²) in [6.07, 6.45) is 1.71. The minimum Gasteiger partial charge on any atom is -0.235 e. The molecule has 150 valence electrons. The molecule has 0 aliphatic rings. The van der Waals surface area contributed by atoms with Gasteiger partial charge in [-0.05, 0) is 44.7 Å². The van der Waals surface area contributed by atoms with Crippen molar-refractivity contribution in [2.75, 3.05) is 0 Å². The third-order valence-corrected chi connectivity index (χ3v) is 7.32. The molecule has 0 saturated heterocycles. The first kappa shape index (κ1) is 18.5. The van der Waals surface area contributed by atoms with Gasteiger partial charge >= 0.3 is 0 Å². The fourth-order valence-electron chi connectivity index (χ4n) is 4.58. The largest absolute Gasteiger partial charge is 0.235 e. The Morgan fingerprint density at radius 1 is 0.677 bits per heavy atom. The molecule has 2 aromatic heterocycles. The maximum atomic E-state index is 4.78. The molecule has 0 atom stereocenters. The molecule has 31 heavy (non-hydrogen) atoms. The van der Waals surface area contributed by atoms with E-state index in [0.717, 1.165) is 21.5 Å². The zero-order valence-electron chi connectivity index (χ0n) is 17.8. The Labute approximate surface area is 185 Å². The molecule has 0 amide bonds. The van der Waals surface area contributed by atoms with Gasteiger partial charge in [0.25, 0.3) is 0 Å². The van der Waals surface area contributed by atoms with E-state index in [9.17, 15) is 0 Å². The second-order valence-corrected chi connectivity index (χ2v) is 10.2. The fourth-order valence-corrected chi connectivity index (χ4v) is 5.88. The van der Waals surface area contributed by atoms with Crippen LogP contribution in [0.4, 0.5) is 0 Å². The lowest BCUT2D eigenvalue weighted by molar-refractivity contribution is 0.596. The highest BCUT2D eigenvalue weighted by Crippen LogP contribution is 2.42. The Hall–Kier alpha value is -3.30. The standard InChI is InChI=1S/C28H22N2S/c1-28(2,3)23-15-19(14-18-9-5-6-10-20(18)23)24-27-25(30-16-29-24)22-13-12-17-8-4-7-11-21(17)26(22)31-27/h4-16H,1-3H3. The normalized spacial score (nSPS) is 12.4. The minimum atomic E-state index is 0.0398. The van der Waals surface area contributed by atoms with Crippen molar-refractivity contribution in [2.45, 2.75) is 26.2 Å². The summed E-state index contributed by atoms with van der Waals surface area (Å²) in [6, 6.07) is 26.2. The Morgan fingerprint density at radius 2 is 1.42 bits per heavy atom. The quantitative estimate of drug-likeness (QED) is 0.269. The highest BCUT2D eigenvalue weighted by molar-refractivity contribution is 7.27. The smallest absolute Gasteiger partial charge is 0.116 e.